The van der Waals surface area contributed by atoms with Crippen molar-refractivity contribution in [1.82, 2.24) is 10.3 Å². The maximum Gasteiger partial charge on any atom is 0.186 e. The molecule has 2 heterocycles. The van der Waals surface area contributed by atoms with E-state index in [1.54, 1.807) is 18.5 Å². The van der Waals surface area contributed by atoms with Gasteiger partial charge in [0.15, 0.2) is 5.43 Å². The molecule has 0 saturated carbocycles. The van der Waals surface area contributed by atoms with Gasteiger partial charge >= 0.3 is 0 Å². The maximum absolute atomic E-state index is 11.2. The monoisotopic (exact) mass is 198 g/mol. The molecule has 0 saturated heterocycles. The highest BCUT2D eigenvalue weighted by molar-refractivity contribution is 7.79. The molecule has 4 heteroatoms. The van der Waals surface area contributed by atoms with Crippen molar-refractivity contribution in [2.75, 3.05) is 12.8 Å². The Hall–Kier alpha value is -0.740. The first-order valence-corrected chi connectivity index (χ1v) is 5.12. The summed E-state index contributed by atoms with van der Waals surface area (Å²) in [6.07, 6.45) is 4.35. The Balaban J connectivity index is 0.000000396. The molecule has 2 N–H and O–H groups in total. The Labute approximate surface area is 83.0 Å². The van der Waals surface area contributed by atoms with Gasteiger partial charge in [0.05, 0.1) is 0 Å². The van der Waals surface area contributed by atoms with Crippen LogP contribution in [0.5, 0.6) is 0 Å². The van der Waals surface area contributed by atoms with E-state index in [0.717, 1.165) is 24.2 Å². The van der Waals surface area contributed by atoms with E-state index in [2.05, 4.69) is 22.9 Å². The molecule has 2 rings (SSSR count). The molecule has 1 aromatic heterocycles. The lowest BCUT2D eigenvalue weighted by molar-refractivity contribution is 0.626. The summed E-state index contributed by atoms with van der Waals surface area (Å²) in [4.78, 5) is 14.3. The fraction of sp³-hybridized carbons (Fsp3) is 0.444. The Morgan fingerprint density at radius 1 is 1.46 bits per heavy atom. The van der Waals surface area contributed by atoms with Gasteiger partial charge in [-0.25, -0.2) is 0 Å². The lowest BCUT2D eigenvalue weighted by Gasteiger charge is -2.14. The van der Waals surface area contributed by atoms with E-state index in [9.17, 15) is 4.79 Å². The van der Waals surface area contributed by atoms with E-state index in [4.69, 9.17) is 0 Å². The van der Waals surface area contributed by atoms with Crippen molar-refractivity contribution in [3.8, 4) is 0 Å². The summed E-state index contributed by atoms with van der Waals surface area (Å²) in [6.45, 7) is 1.68. The van der Waals surface area contributed by atoms with E-state index in [0.29, 0.717) is 6.54 Å². The molecule has 0 aromatic carbocycles. The Kier molecular flexibility index (Phi) is 4.05. The highest BCUT2D eigenvalue weighted by atomic mass is 32.1. The number of thiol groups is 1. The molecule has 72 valence electrons. The van der Waals surface area contributed by atoms with Crippen LogP contribution in [-0.2, 0) is 13.0 Å². The third kappa shape index (κ3) is 2.35. The molecule has 13 heavy (non-hydrogen) atoms. The second-order valence-electron chi connectivity index (χ2n) is 2.73. The lowest BCUT2D eigenvalue weighted by atomic mass is 10.1. The van der Waals surface area contributed by atoms with Crippen LogP contribution in [0.15, 0.2) is 17.1 Å². The lowest BCUT2D eigenvalue weighted by Crippen LogP contribution is -2.29. The molecule has 0 atom stereocenters. The van der Waals surface area contributed by atoms with Crippen LogP contribution in [0.25, 0.3) is 0 Å². The predicted octanol–water partition coefficient (Wildman–Crippen LogP) is 0.567. The van der Waals surface area contributed by atoms with Gasteiger partial charge in [-0.3, -0.25) is 4.79 Å². The molecule has 0 aliphatic carbocycles. The summed E-state index contributed by atoms with van der Waals surface area (Å²) >= 11 is 3.53. The van der Waals surface area contributed by atoms with Crippen molar-refractivity contribution in [3.63, 3.8) is 0 Å². The Bertz CT molecular complexity index is 322. The summed E-state index contributed by atoms with van der Waals surface area (Å²) in [6, 6.07) is 1.58. The van der Waals surface area contributed by atoms with Crippen LogP contribution in [-0.4, -0.2) is 17.8 Å². The van der Waals surface area contributed by atoms with Gasteiger partial charge in [0.25, 0.3) is 0 Å². The molecule has 0 radical (unpaired) electrons. The topological polar surface area (TPSA) is 44.9 Å². The number of pyridine rings is 1. The zero-order valence-electron chi connectivity index (χ0n) is 7.63. The quantitative estimate of drug-likeness (QED) is 0.534. The number of rotatable bonds is 0. The summed E-state index contributed by atoms with van der Waals surface area (Å²) in [5.74, 6) is 0. The normalized spacial score (nSPS) is 14.0. The number of hydrogen-bond donors (Lipinski definition) is 3. The summed E-state index contributed by atoms with van der Waals surface area (Å²) in [7, 11) is 0. The van der Waals surface area contributed by atoms with Crippen molar-refractivity contribution in [2.45, 2.75) is 13.0 Å². The maximum atomic E-state index is 11.2. The van der Waals surface area contributed by atoms with Gasteiger partial charge in [-0.1, -0.05) is 0 Å². The summed E-state index contributed by atoms with van der Waals surface area (Å²) < 4.78 is 0. The summed E-state index contributed by atoms with van der Waals surface area (Å²) in [5.41, 5.74) is 2.14. The van der Waals surface area contributed by atoms with Gasteiger partial charge in [-0.2, -0.15) is 12.6 Å². The van der Waals surface area contributed by atoms with Crippen LogP contribution in [0.4, 0.5) is 0 Å². The Morgan fingerprint density at radius 2 is 2.23 bits per heavy atom. The van der Waals surface area contributed by atoms with Crippen LogP contribution in [0, 0.1) is 0 Å². The minimum Gasteiger partial charge on any atom is -0.364 e. The second kappa shape index (κ2) is 5.09. The number of nitrogens with one attached hydrogen (secondary N) is 2. The first-order valence-electron chi connectivity index (χ1n) is 4.23. The van der Waals surface area contributed by atoms with Crippen LogP contribution >= 0.6 is 12.6 Å². The van der Waals surface area contributed by atoms with E-state index in [-0.39, 0.29) is 5.43 Å². The first kappa shape index (κ1) is 10.3. The van der Waals surface area contributed by atoms with E-state index in [1.165, 1.54) is 0 Å². The van der Waals surface area contributed by atoms with Crippen LogP contribution < -0.4 is 10.7 Å². The average Bonchev–Trinajstić information content (AvgIpc) is 2.22. The smallest absolute Gasteiger partial charge is 0.186 e. The zero-order valence-corrected chi connectivity index (χ0v) is 8.53. The first-order chi connectivity index (χ1) is 6.38. The van der Waals surface area contributed by atoms with Crippen LogP contribution in [0.3, 0.4) is 0 Å². The van der Waals surface area contributed by atoms with Gasteiger partial charge in [0.2, 0.25) is 0 Å². The molecule has 1 aliphatic rings. The average molecular weight is 198 g/mol. The van der Waals surface area contributed by atoms with Crippen molar-refractivity contribution in [2.24, 2.45) is 0 Å². The second-order valence-corrected chi connectivity index (χ2v) is 2.73. The zero-order chi connectivity index (χ0) is 9.68. The molecule has 1 aromatic rings. The van der Waals surface area contributed by atoms with Gasteiger partial charge in [-0.05, 0) is 6.26 Å². The molecular weight excluding hydrogens is 184 g/mol. The number of H-pyrrole nitrogens is 1. The molecule has 0 fully saturated rings. The van der Waals surface area contributed by atoms with Gasteiger partial charge in [0.1, 0.15) is 0 Å². The fourth-order valence-electron chi connectivity index (χ4n) is 1.40. The number of hydrogen-bond acceptors (Lipinski definition) is 3. The number of fused-ring (bicyclic) bond motifs is 1. The largest absolute Gasteiger partial charge is 0.364 e. The number of aromatic amines is 1. The highest BCUT2D eigenvalue weighted by Crippen LogP contribution is 2.04. The summed E-state index contributed by atoms with van der Waals surface area (Å²) in [5, 5.41) is 3.16. The fourth-order valence-corrected chi connectivity index (χ4v) is 1.40. The standard InChI is InChI=1S/C8H10N2O.CH4S/c11-8-2-4-10-7-1-3-9-5-6(7)8;1-2/h2,4,9H,1,3,5H2,(H,10,11);2H,1H3. The highest BCUT2D eigenvalue weighted by Gasteiger charge is 2.10. The van der Waals surface area contributed by atoms with Gasteiger partial charge < -0.3 is 10.3 Å². The van der Waals surface area contributed by atoms with E-state index >= 15 is 0 Å². The third-order valence-corrected chi connectivity index (χ3v) is 2.01. The molecule has 1 aliphatic heterocycles. The van der Waals surface area contributed by atoms with Crippen LogP contribution in [0.1, 0.15) is 11.3 Å². The molecule has 0 bridgehead atoms. The minimum absolute atomic E-state index is 0.144. The van der Waals surface area contributed by atoms with Crippen molar-refractivity contribution >= 4 is 12.6 Å². The molecular formula is C9H14N2OS. The van der Waals surface area contributed by atoms with Crippen LogP contribution in [0.2, 0.25) is 0 Å². The molecule has 3 nitrogen and oxygen atoms in total. The molecule has 0 unspecified atom stereocenters. The van der Waals surface area contributed by atoms with Gasteiger partial charge in [0, 0.05) is 43.0 Å². The predicted molar refractivity (Wildman–Crippen MR) is 57.4 cm³/mol. The van der Waals surface area contributed by atoms with E-state index < -0.39 is 0 Å². The van der Waals surface area contributed by atoms with Crippen molar-refractivity contribution in [3.05, 3.63) is 33.7 Å². The van der Waals surface area contributed by atoms with E-state index in [1.807, 2.05) is 0 Å². The van der Waals surface area contributed by atoms with Gasteiger partial charge in [-0.15, -0.1) is 0 Å². The van der Waals surface area contributed by atoms with Crippen molar-refractivity contribution in [1.29, 1.82) is 0 Å². The van der Waals surface area contributed by atoms with Crippen molar-refractivity contribution < 1.29 is 0 Å². The minimum atomic E-state index is 0.144. The number of aromatic nitrogens is 1. The molecule has 0 spiro atoms. The SMILES string of the molecule is CS.O=c1cc[nH]c2c1CNCC2. The Morgan fingerprint density at radius 3 is 2.92 bits per heavy atom. The third-order valence-electron chi connectivity index (χ3n) is 2.01. The molecule has 0 amide bonds.